The van der Waals surface area contributed by atoms with Crippen molar-refractivity contribution in [3.63, 3.8) is 0 Å². The third kappa shape index (κ3) is 5.60. The van der Waals surface area contributed by atoms with Gasteiger partial charge in [0, 0.05) is 38.7 Å². The standard InChI is InChI=1S/C54H35NO2/c1-3-14-36(15-4-1)38-26-30-40(31-27-38)55(41-32-28-39(29-33-41)37-16-5-2-6-17-37)49-35-34-47(54-52(49)48-21-10-12-25-51(48)57-54)43-19-8-7-18-42(43)45-22-13-23-46-44-20-9-11-24-50(44)56-53(45)46/h1-35H. The number of hydrogen-bond acceptors (Lipinski definition) is 3. The zero-order valence-electron chi connectivity index (χ0n) is 31.0. The van der Waals surface area contributed by atoms with E-state index < -0.39 is 0 Å². The van der Waals surface area contributed by atoms with Gasteiger partial charge in [-0.2, -0.15) is 0 Å². The Hall–Kier alpha value is -7.62. The van der Waals surface area contributed by atoms with Crippen LogP contribution in [0.15, 0.2) is 221 Å². The summed E-state index contributed by atoms with van der Waals surface area (Å²) in [5.74, 6) is 0. The Morgan fingerprint density at radius 3 is 1.33 bits per heavy atom. The van der Waals surface area contributed by atoms with Gasteiger partial charge < -0.3 is 13.7 Å². The van der Waals surface area contributed by atoms with E-state index in [1.54, 1.807) is 0 Å². The van der Waals surface area contributed by atoms with Crippen LogP contribution in [0.1, 0.15) is 0 Å². The number of fused-ring (bicyclic) bond motifs is 6. The van der Waals surface area contributed by atoms with Gasteiger partial charge in [0.25, 0.3) is 0 Å². The largest absolute Gasteiger partial charge is 0.455 e. The topological polar surface area (TPSA) is 29.5 Å². The van der Waals surface area contributed by atoms with E-state index in [9.17, 15) is 0 Å². The number of benzene rings is 9. The van der Waals surface area contributed by atoms with Gasteiger partial charge in [0.1, 0.15) is 22.3 Å². The normalized spacial score (nSPS) is 11.5. The lowest BCUT2D eigenvalue weighted by molar-refractivity contribution is 0.669. The second-order valence-electron chi connectivity index (χ2n) is 14.4. The van der Waals surface area contributed by atoms with Gasteiger partial charge in [-0.3, -0.25) is 0 Å². The minimum absolute atomic E-state index is 0.838. The smallest absolute Gasteiger partial charge is 0.145 e. The molecular weight excluding hydrogens is 695 g/mol. The van der Waals surface area contributed by atoms with Gasteiger partial charge >= 0.3 is 0 Å². The maximum absolute atomic E-state index is 6.93. The van der Waals surface area contributed by atoms with Gasteiger partial charge in [0.2, 0.25) is 0 Å². The summed E-state index contributed by atoms with van der Waals surface area (Å²) in [4.78, 5) is 2.36. The first-order valence-corrected chi connectivity index (χ1v) is 19.3. The molecule has 0 aliphatic carbocycles. The minimum Gasteiger partial charge on any atom is -0.455 e. The summed E-state index contributed by atoms with van der Waals surface area (Å²) in [5.41, 5.74) is 15.5. The molecule has 0 saturated carbocycles. The molecule has 0 unspecified atom stereocenters. The van der Waals surface area contributed by atoms with E-state index in [1.165, 1.54) is 22.3 Å². The summed E-state index contributed by atoms with van der Waals surface area (Å²) in [7, 11) is 0. The molecule has 0 fully saturated rings. The van der Waals surface area contributed by atoms with E-state index in [0.717, 1.165) is 83.2 Å². The van der Waals surface area contributed by atoms with Crippen LogP contribution in [0.25, 0.3) is 88.4 Å². The highest BCUT2D eigenvalue weighted by molar-refractivity contribution is 6.18. The average Bonchev–Trinajstić information content (AvgIpc) is 3.87. The Morgan fingerprint density at radius 1 is 0.281 bits per heavy atom. The van der Waals surface area contributed by atoms with E-state index >= 15 is 0 Å². The first kappa shape index (κ1) is 32.8. The Morgan fingerprint density at radius 2 is 0.719 bits per heavy atom. The fourth-order valence-corrected chi connectivity index (χ4v) is 8.42. The number of para-hydroxylation sites is 3. The lowest BCUT2D eigenvalue weighted by atomic mass is 9.92. The zero-order chi connectivity index (χ0) is 37.7. The van der Waals surface area contributed by atoms with Crippen LogP contribution in [0.5, 0.6) is 0 Å². The van der Waals surface area contributed by atoms with Gasteiger partial charge in [-0.1, -0.05) is 164 Å². The predicted octanol–water partition coefficient (Wildman–Crippen LogP) is 15.6. The van der Waals surface area contributed by atoms with Crippen molar-refractivity contribution in [1.82, 2.24) is 0 Å². The highest BCUT2D eigenvalue weighted by atomic mass is 16.3. The maximum Gasteiger partial charge on any atom is 0.145 e. The molecule has 2 aromatic heterocycles. The van der Waals surface area contributed by atoms with Crippen molar-refractivity contribution < 1.29 is 8.83 Å². The zero-order valence-corrected chi connectivity index (χ0v) is 31.0. The van der Waals surface area contributed by atoms with Crippen molar-refractivity contribution in [1.29, 1.82) is 0 Å². The third-order valence-corrected chi connectivity index (χ3v) is 11.1. The molecule has 0 radical (unpaired) electrons. The summed E-state index contributed by atoms with van der Waals surface area (Å²) in [5, 5.41) is 4.34. The Bertz CT molecular complexity index is 3130. The summed E-state index contributed by atoms with van der Waals surface area (Å²) < 4.78 is 13.5. The van der Waals surface area contributed by atoms with E-state index in [1.807, 2.05) is 18.2 Å². The van der Waals surface area contributed by atoms with Crippen molar-refractivity contribution in [3.8, 4) is 44.5 Å². The molecule has 3 nitrogen and oxygen atoms in total. The van der Waals surface area contributed by atoms with Crippen LogP contribution >= 0.6 is 0 Å². The second-order valence-corrected chi connectivity index (χ2v) is 14.4. The van der Waals surface area contributed by atoms with Crippen molar-refractivity contribution in [3.05, 3.63) is 212 Å². The maximum atomic E-state index is 6.93. The van der Waals surface area contributed by atoms with E-state index in [-0.39, 0.29) is 0 Å². The van der Waals surface area contributed by atoms with Crippen LogP contribution in [-0.4, -0.2) is 0 Å². The van der Waals surface area contributed by atoms with Crippen LogP contribution < -0.4 is 4.90 Å². The molecule has 11 rings (SSSR count). The van der Waals surface area contributed by atoms with Crippen LogP contribution in [0.3, 0.4) is 0 Å². The highest BCUT2D eigenvalue weighted by Crippen LogP contribution is 2.48. The molecule has 0 amide bonds. The molecular formula is C54H35NO2. The lowest BCUT2D eigenvalue weighted by Crippen LogP contribution is -2.10. The Balaban J connectivity index is 1.13. The van der Waals surface area contributed by atoms with Crippen molar-refractivity contribution >= 4 is 60.9 Å². The summed E-state index contributed by atoms with van der Waals surface area (Å²) in [6.45, 7) is 0. The third-order valence-electron chi connectivity index (χ3n) is 11.1. The van der Waals surface area contributed by atoms with Crippen LogP contribution in [0, 0.1) is 0 Å². The van der Waals surface area contributed by atoms with E-state index in [4.69, 9.17) is 8.83 Å². The van der Waals surface area contributed by atoms with Crippen LogP contribution in [0.2, 0.25) is 0 Å². The fraction of sp³-hybridized carbons (Fsp3) is 0. The van der Waals surface area contributed by atoms with Crippen molar-refractivity contribution in [2.45, 2.75) is 0 Å². The molecule has 0 bridgehead atoms. The number of hydrogen-bond donors (Lipinski definition) is 0. The van der Waals surface area contributed by atoms with Crippen molar-refractivity contribution in [2.75, 3.05) is 4.90 Å². The van der Waals surface area contributed by atoms with Gasteiger partial charge in [0.05, 0.1) is 11.1 Å². The average molecular weight is 730 g/mol. The lowest BCUT2D eigenvalue weighted by Gasteiger charge is -2.27. The number of rotatable bonds is 7. The Kier molecular flexibility index (Phi) is 7.82. The second kappa shape index (κ2) is 13.6. The molecule has 0 aliphatic heterocycles. The molecule has 0 N–H and O–H groups in total. The molecule has 2 heterocycles. The van der Waals surface area contributed by atoms with E-state index in [2.05, 4.69) is 199 Å². The molecule has 0 saturated heterocycles. The van der Waals surface area contributed by atoms with Gasteiger partial charge in [-0.05, 0) is 81.9 Å². The summed E-state index contributed by atoms with van der Waals surface area (Å²) in [6.07, 6.45) is 0. The molecule has 11 aromatic rings. The molecule has 0 atom stereocenters. The monoisotopic (exact) mass is 729 g/mol. The minimum atomic E-state index is 0.838. The SMILES string of the molecule is c1ccc(-c2ccc(N(c3ccc(-c4ccccc4)cc3)c3ccc(-c4ccccc4-c4cccc5c4oc4ccccc45)c4oc5ccccc5c34)cc2)cc1. The van der Waals surface area contributed by atoms with Gasteiger partial charge in [-0.15, -0.1) is 0 Å². The summed E-state index contributed by atoms with van der Waals surface area (Å²) >= 11 is 0. The molecule has 9 aromatic carbocycles. The number of nitrogens with zero attached hydrogens (tertiary/aromatic N) is 1. The van der Waals surface area contributed by atoms with E-state index in [0.29, 0.717) is 0 Å². The van der Waals surface area contributed by atoms with Gasteiger partial charge in [-0.25, -0.2) is 0 Å². The first-order chi connectivity index (χ1) is 28.3. The van der Waals surface area contributed by atoms with Crippen LogP contribution in [-0.2, 0) is 0 Å². The van der Waals surface area contributed by atoms with Crippen molar-refractivity contribution in [2.24, 2.45) is 0 Å². The number of furan rings is 2. The quantitative estimate of drug-likeness (QED) is 0.164. The van der Waals surface area contributed by atoms with Gasteiger partial charge in [0.15, 0.2) is 0 Å². The molecule has 0 spiro atoms. The molecule has 0 aliphatic rings. The summed E-state index contributed by atoms with van der Waals surface area (Å²) in [6, 6.07) is 74.9. The molecule has 268 valence electrons. The molecule has 57 heavy (non-hydrogen) atoms. The Labute approximate surface area is 330 Å². The van der Waals surface area contributed by atoms with Crippen LogP contribution in [0.4, 0.5) is 17.1 Å². The highest BCUT2D eigenvalue weighted by Gasteiger charge is 2.24. The first-order valence-electron chi connectivity index (χ1n) is 19.3. The molecule has 3 heteroatoms. The number of anilines is 3. The fourth-order valence-electron chi connectivity index (χ4n) is 8.42. The predicted molar refractivity (Wildman–Crippen MR) is 237 cm³/mol.